The van der Waals surface area contributed by atoms with Crippen molar-refractivity contribution >= 4 is 21.4 Å². The number of nitrogens with zero attached hydrogens (tertiary/aromatic N) is 1. The summed E-state index contributed by atoms with van der Waals surface area (Å²) in [5.74, 6) is 0.984. The molecule has 0 aliphatic carbocycles. The maximum atomic E-state index is 11.9. The van der Waals surface area contributed by atoms with Crippen molar-refractivity contribution in [1.82, 2.24) is 9.71 Å². The first kappa shape index (κ1) is 13.2. The fourth-order valence-corrected chi connectivity index (χ4v) is 3.55. The average Bonchev–Trinajstić information content (AvgIpc) is 2.95. The van der Waals surface area contributed by atoms with Gasteiger partial charge in [-0.25, -0.2) is 18.1 Å². The van der Waals surface area contributed by atoms with Crippen LogP contribution in [0.2, 0.25) is 0 Å². The van der Waals surface area contributed by atoms with Crippen LogP contribution in [-0.2, 0) is 23.1 Å². The normalized spacial score (nSPS) is 11.9. The molecule has 0 saturated carbocycles. The molecule has 0 aromatic carbocycles. The molecule has 0 spiro atoms. The quantitative estimate of drug-likeness (QED) is 0.854. The number of sulfonamides is 1. The first-order valence-electron chi connectivity index (χ1n) is 5.20. The molecule has 2 aromatic rings. The molecule has 6 nitrogen and oxygen atoms in total. The van der Waals surface area contributed by atoms with Crippen molar-refractivity contribution in [2.24, 2.45) is 5.73 Å². The number of thiophene rings is 1. The Morgan fingerprint density at radius 2 is 2.33 bits per heavy atom. The number of hydrogen-bond donors (Lipinski definition) is 2. The highest BCUT2D eigenvalue weighted by atomic mass is 32.2. The molecule has 0 saturated heterocycles. The van der Waals surface area contributed by atoms with Crippen molar-refractivity contribution in [3.8, 4) is 0 Å². The van der Waals surface area contributed by atoms with E-state index in [9.17, 15) is 8.42 Å². The van der Waals surface area contributed by atoms with E-state index in [-0.39, 0.29) is 10.8 Å². The zero-order chi connectivity index (χ0) is 13.2. The lowest BCUT2D eigenvalue weighted by atomic mass is 10.4. The Hall–Kier alpha value is -1.22. The summed E-state index contributed by atoms with van der Waals surface area (Å²) in [7, 11) is -3.53. The highest BCUT2D eigenvalue weighted by molar-refractivity contribution is 7.91. The number of hydrogen-bond acceptors (Lipinski definition) is 6. The predicted molar refractivity (Wildman–Crippen MR) is 67.5 cm³/mol. The highest BCUT2D eigenvalue weighted by Crippen LogP contribution is 2.19. The molecule has 0 unspecified atom stereocenters. The molecule has 0 bridgehead atoms. The van der Waals surface area contributed by atoms with Gasteiger partial charge in [-0.15, -0.1) is 11.3 Å². The van der Waals surface area contributed by atoms with Gasteiger partial charge in [0.05, 0.1) is 12.7 Å². The van der Waals surface area contributed by atoms with Gasteiger partial charge in [0.25, 0.3) is 10.0 Å². The third-order valence-electron chi connectivity index (χ3n) is 2.21. The van der Waals surface area contributed by atoms with Crippen LogP contribution in [0.3, 0.4) is 0 Å². The van der Waals surface area contributed by atoms with E-state index in [2.05, 4.69) is 9.71 Å². The van der Waals surface area contributed by atoms with Crippen LogP contribution < -0.4 is 10.5 Å². The molecular formula is C10H13N3O3S2. The van der Waals surface area contributed by atoms with E-state index >= 15 is 0 Å². The van der Waals surface area contributed by atoms with E-state index < -0.39 is 10.0 Å². The van der Waals surface area contributed by atoms with Gasteiger partial charge in [-0.05, 0) is 23.9 Å². The Bertz CT molecular complexity index is 630. The summed E-state index contributed by atoms with van der Waals surface area (Å²) in [4.78, 5) is 3.92. The molecular weight excluding hydrogens is 274 g/mol. The molecule has 0 amide bonds. The molecule has 8 heteroatoms. The summed E-state index contributed by atoms with van der Waals surface area (Å²) < 4.78 is 31.7. The number of nitrogens with two attached hydrogens (primary N) is 1. The van der Waals surface area contributed by atoms with Crippen LogP contribution in [-0.4, -0.2) is 13.4 Å². The molecule has 2 rings (SSSR count). The van der Waals surface area contributed by atoms with Gasteiger partial charge in [-0.1, -0.05) is 0 Å². The summed E-state index contributed by atoms with van der Waals surface area (Å²) in [5, 5.41) is 1.73. The van der Waals surface area contributed by atoms with Crippen LogP contribution in [0.5, 0.6) is 0 Å². The van der Waals surface area contributed by atoms with Crippen LogP contribution in [0.15, 0.2) is 26.3 Å². The summed E-state index contributed by atoms with van der Waals surface area (Å²) in [6.45, 7) is 2.11. The minimum atomic E-state index is -3.53. The second kappa shape index (κ2) is 5.19. The lowest BCUT2D eigenvalue weighted by molar-refractivity contribution is 0.463. The third kappa shape index (κ3) is 2.96. The smallest absolute Gasteiger partial charge is 0.250 e. The minimum Gasteiger partial charge on any atom is -0.445 e. The highest BCUT2D eigenvalue weighted by Gasteiger charge is 2.17. The zero-order valence-corrected chi connectivity index (χ0v) is 11.3. The standard InChI is InChI=1S/C10H13N3O3S2/c1-7-4-12-9(16-7)5-13-18(14,15)10-2-8(3-11)6-17-10/h2,4,6,13H,3,5,11H2,1H3. The van der Waals surface area contributed by atoms with E-state index in [1.807, 2.05) is 0 Å². The van der Waals surface area contributed by atoms with Gasteiger partial charge in [-0.2, -0.15) is 0 Å². The average molecular weight is 287 g/mol. The number of oxazole rings is 1. The number of rotatable bonds is 5. The first-order chi connectivity index (χ1) is 8.51. The van der Waals surface area contributed by atoms with Crippen LogP contribution >= 0.6 is 11.3 Å². The minimum absolute atomic E-state index is 0.0338. The van der Waals surface area contributed by atoms with Crippen LogP contribution in [0.1, 0.15) is 17.2 Å². The van der Waals surface area contributed by atoms with E-state index in [0.717, 1.165) is 16.9 Å². The first-order valence-corrected chi connectivity index (χ1v) is 7.56. The summed E-state index contributed by atoms with van der Waals surface area (Å²) in [6.07, 6.45) is 1.54. The van der Waals surface area contributed by atoms with E-state index in [4.69, 9.17) is 10.2 Å². The van der Waals surface area contributed by atoms with Gasteiger partial charge < -0.3 is 10.2 Å². The molecule has 18 heavy (non-hydrogen) atoms. The molecule has 0 aliphatic heterocycles. The molecule has 2 heterocycles. The summed E-state index contributed by atoms with van der Waals surface area (Å²) >= 11 is 1.14. The van der Waals surface area contributed by atoms with Crippen molar-refractivity contribution in [2.75, 3.05) is 0 Å². The van der Waals surface area contributed by atoms with Gasteiger partial charge in [0.1, 0.15) is 9.97 Å². The van der Waals surface area contributed by atoms with Gasteiger partial charge >= 0.3 is 0 Å². The number of nitrogens with one attached hydrogen (secondary N) is 1. The molecule has 0 aliphatic rings. The van der Waals surface area contributed by atoms with Crippen LogP contribution in [0.25, 0.3) is 0 Å². The number of aryl methyl sites for hydroxylation is 1. The Labute approximate surface area is 109 Å². The lowest BCUT2D eigenvalue weighted by Gasteiger charge is -2.01. The van der Waals surface area contributed by atoms with Crippen molar-refractivity contribution in [2.45, 2.75) is 24.2 Å². The third-order valence-corrected chi connectivity index (χ3v) is 5.10. The lowest BCUT2D eigenvalue weighted by Crippen LogP contribution is -2.22. The SMILES string of the molecule is Cc1cnc(CNS(=O)(=O)c2cc(CN)cs2)o1. The van der Waals surface area contributed by atoms with Gasteiger partial charge in [-0.3, -0.25) is 0 Å². The maximum absolute atomic E-state index is 11.9. The Balaban J connectivity index is 2.07. The van der Waals surface area contributed by atoms with Crippen molar-refractivity contribution < 1.29 is 12.8 Å². The zero-order valence-electron chi connectivity index (χ0n) is 9.71. The molecule has 2 aromatic heterocycles. The van der Waals surface area contributed by atoms with Crippen molar-refractivity contribution in [3.63, 3.8) is 0 Å². The van der Waals surface area contributed by atoms with Crippen LogP contribution in [0, 0.1) is 6.92 Å². The van der Waals surface area contributed by atoms with Gasteiger partial charge in [0.2, 0.25) is 5.89 Å². The topological polar surface area (TPSA) is 98.2 Å². The monoisotopic (exact) mass is 287 g/mol. The van der Waals surface area contributed by atoms with Gasteiger partial charge in [0, 0.05) is 6.54 Å². The Morgan fingerprint density at radius 1 is 1.56 bits per heavy atom. The fraction of sp³-hybridized carbons (Fsp3) is 0.300. The summed E-state index contributed by atoms with van der Waals surface area (Å²) in [5.41, 5.74) is 6.24. The predicted octanol–water partition coefficient (Wildman–Crippen LogP) is 0.982. The maximum Gasteiger partial charge on any atom is 0.250 e. The van der Waals surface area contributed by atoms with E-state index in [0.29, 0.717) is 18.2 Å². The van der Waals surface area contributed by atoms with E-state index in [1.165, 1.54) is 0 Å². The summed E-state index contributed by atoms with van der Waals surface area (Å²) in [6, 6.07) is 1.56. The molecule has 3 N–H and O–H groups in total. The van der Waals surface area contributed by atoms with Gasteiger partial charge in [0.15, 0.2) is 0 Å². The molecule has 98 valence electrons. The van der Waals surface area contributed by atoms with Crippen molar-refractivity contribution in [1.29, 1.82) is 0 Å². The second-order valence-corrected chi connectivity index (χ2v) is 6.57. The second-order valence-electron chi connectivity index (χ2n) is 3.67. The number of aromatic nitrogens is 1. The largest absolute Gasteiger partial charge is 0.445 e. The Morgan fingerprint density at radius 3 is 2.89 bits per heavy atom. The molecule has 0 fully saturated rings. The van der Waals surface area contributed by atoms with E-state index in [1.54, 1.807) is 24.6 Å². The van der Waals surface area contributed by atoms with Crippen LogP contribution in [0.4, 0.5) is 0 Å². The Kier molecular flexibility index (Phi) is 3.81. The molecule has 0 radical (unpaired) electrons. The fourth-order valence-electron chi connectivity index (χ4n) is 1.31. The molecule has 0 atom stereocenters. The van der Waals surface area contributed by atoms with Crippen molar-refractivity contribution in [3.05, 3.63) is 34.9 Å².